The Balaban J connectivity index is 1.10. The van der Waals surface area contributed by atoms with Gasteiger partial charge in [-0.1, -0.05) is 139 Å². The molecule has 0 bridgehead atoms. The van der Waals surface area contributed by atoms with Crippen molar-refractivity contribution in [2.45, 2.75) is 65.3 Å². The molecule has 0 aliphatic carbocycles. The average molecular weight is 1150 g/mol. The van der Waals surface area contributed by atoms with Gasteiger partial charge >= 0.3 is 11.9 Å². The molecule has 0 fully saturated rings. The molecule has 0 aromatic heterocycles. The number of fused-ring (bicyclic) bond motifs is 2. The molecule has 11 aromatic carbocycles. The van der Waals surface area contributed by atoms with Crippen LogP contribution < -0.4 is 28.4 Å². The van der Waals surface area contributed by atoms with Gasteiger partial charge in [0.15, 0.2) is 0 Å². The zero-order valence-electron chi connectivity index (χ0n) is 48.6. The summed E-state index contributed by atoms with van der Waals surface area (Å²) in [5.41, 5.74) is 1.68. The minimum absolute atomic E-state index is 0.000826. The second-order valence-electron chi connectivity index (χ2n) is 23.6. The van der Waals surface area contributed by atoms with E-state index in [-0.39, 0.29) is 89.1 Å². The number of benzene rings is 11. The number of nitrogens with zero attached hydrogens (tertiary/aromatic N) is 2. The maximum atomic E-state index is 15.6. The summed E-state index contributed by atoms with van der Waals surface area (Å²) >= 11 is 0. The summed E-state index contributed by atoms with van der Waals surface area (Å²) in [6, 6.07) is 54.3. The zero-order valence-corrected chi connectivity index (χ0v) is 48.6. The van der Waals surface area contributed by atoms with Crippen LogP contribution in [0.2, 0.25) is 0 Å². The Labute approximate surface area is 500 Å². The van der Waals surface area contributed by atoms with Gasteiger partial charge in [-0.25, -0.2) is 9.59 Å². The van der Waals surface area contributed by atoms with Gasteiger partial charge in [0.2, 0.25) is 0 Å². The van der Waals surface area contributed by atoms with Gasteiger partial charge in [0.05, 0.1) is 22.3 Å². The molecule has 0 saturated heterocycles. The third kappa shape index (κ3) is 9.94. The van der Waals surface area contributed by atoms with E-state index in [1.54, 1.807) is 121 Å². The van der Waals surface area contributed by atoms with Gasteiger partial charge in [-0.3, -0.25) is 29.0 Å². The SMILES string of the molecule is CC(C(=O)Oc1ccc(C(C)(C)C)cc1)N1C(=O)c2cc(Oc3ccccc3)c3c4c(Oc5ccccc5)cc5c6c(cc(Oc7ccccc7)c(c7c(Oc8ccccc8)cc(c2c37)C1=O)c64)C(=O)N(CC(=O)Oc1ccc(C(C)(C)C)cc1)C5=O. The van der Waals surface area contributed by atoms with E-state index in [1.165, 1.54) is 31.2 Å². The lowest BCUT2D eigenvalue weighted by Crippen LogP contribution is -2.50. The van der Waals surface area contributed by atoms with Crippen molar-refractivity contribution in [3.8, 4) is 57.5 Å². The molecule has 0 spiro atoms. The van der Waals surface area contributed by atoms with E-state index in [1.807, 2.05) is 48.5 Å². The predicted molar refractivity (Wildman–Crippen MR) is 331 cm³/mol. The summed E-state index contributed by atoms with van der Waals surface area (Å²) in [5, 5.41) is 2.13. The Morgan fingerprint density at radius 3 is 0.977 bits per heavy atom. The Bertz CT molecular complexity index is 4400. The molecular weight excluding hydrogens is 1100 g/mol. The molecule has 1 atom stereocenters. The molecule has 0 N–H and O–H groups in total. The third-order valence-corrected chi connectivity index (χ3v) is 15.8. The largest absolute Gasteiger partial charge is 0.457 e. The van der Waals surface area contributed by atoms with Crippen LogP contribution in [-0.2, 0) is 20.4 Å². The minimum Gasteiger partial charge on any atom is -0.457 e. The van der Waals surface area contributed by atoms with E-state index in [0.29, 0.717) is 44.5 Å². The molecule has 14 heteroatoms. The van der Waals surface area contributed by atoms with Crippen molar-refractivity contribution >= 4 is 78.7 Å². The van der Waals surface area contributed by atoms with E-state index < -0.39 is 48.2 Å². The molecule has 2 heterocycles. The van der Waals surface area contributed by atoms with Crippen molar-refractivity contribution in [2.75, 3.05) is 6.54 Å². The Morgan fingerprint density at radius 1 is 0.368 bits per heavy atom. The fraction of sp³-hybridized carbons (Fsp3) is 0.151. The maximum absolute atomic E-state index is 15.6. The van der Waals surface area contributed by atoms with Gasteiger partial charge in [0.25, 0.3) is 23.6 Å². The molecule has 2 aliphatic heterocycles. The topological polar surface area (TPSA) is 164 Å². The Morgan fingerprint density at radius 2 is 0.667 bits per heavy atom. The summed E-state index contributed by atoms with van der Waals surface area (Å²) in [6.07, 6.45) is 0. The van der Waals surface area contributed by atoms with Crippen LogP contribution in [0.5, 0.6) is 57.5 Å². The molecule has 430 valence electrons. The summed E-state index contributed by atoms with van der Waals surface area (Å²) in [6.45, 7) is 13.1. The van der Waals surface area contributed by atoms with Crippen molar-refractivity contribution in [1.29, 1.82) is 0 Å². The second-order valence-corrected chi connectivity index (χ2v) is 23.6. The molecule has 4 amide bonds. The summed E-state index contributed by atoms with van der Waals surface area (Å²) in [7, 11) is 0. The van der Waals surface area contributed by atoms with Crippen LogP contribution in [0.1, 0.15) is 101 Å². The van der Waals surface area contributed by atoms with Crippen molar-refractivity contribution in [3.63, 3.8) is 0 Å². The first-order valence-electron chi connectivity index (χ1n) is 28.5. The van der Waals surface area contributed by atoms with Crippen molar-refractivity contribution < 1.29 is 57.2 Å². The van der Waals surface area contributed by atoms with Gasteiger partial charge in [-0.2, -0.15) is 0 Å². The van der Waals surface area contributed by atoms with E-state index in [4.69, 9.17) is 28.4 Å². The van der Waals surface area contributed by atoms with Gasteiger partial charge < -0.3 is 28.4 Å². The predicted octanol–water partition coefficient (Wildman–Crippen LogP) is 16.3. The second kappa shape index (κ2) is 21.3. The van der Waals surface area contributed by atoms with Crippen LogP contribution in [0.3, 0.4) is 0 Å². The molecule has 2 aliphatic rings. The number of rotatable bonds is 14. The number of para-hydroxylation sites is 4. The fourth-order valence-electron chi connectivity index (χ4n) is 11.5. The highest BCUT2D eigenvalue weighted by molar-refractivity contribution is 6.45. The number of ether oxygens (including phenoxy) is 6. The molecule has 0 radical (unpaired) electrons. The molecule has 11 aromatic rings. The lowest BCUT2D eigenvalue weighted by atomic mass is 9.80. The zero-order chi connectivity index (χ0) is 60.6. The number of hydrogen-bond acceptors (Lipinski definition) is 12. The average Bonchev–Trinajstić information content (AvgIpc) is 0.686. The quantitative estimate of drug-likeness (QED) is 0.0333. The minimum atomic E-state index is -1.45. The first kappa shape index (κ1) is 55.3. The lowest BCUT2D eigenvalue weighted by Gasteiger charge is -2.33. The van der Waals surface area contributed by atoms with E-state index in [2.05, 4.69) is 41.5 Å². The first-order chi connectivity index (χ1) is 41.8. The van der Waals surface area contributed by atoms with Crippen LogP contribution >= 0.6 is 0 Å². The van der Waals surface area contributed by atoms with Crippen LogP contribution in [0.25, 0.3) is 43.1 Å². The molecule has 87 heavy (non-hydrogen) atoms. The Kier molecular flexibility index (Phi) is 13.6. The normalized spacial score (nSPS) is 13.6. The first-order valence-corrected chi connectivity index (χ1v) is 28.5. The smallest absolute Gasteiger partial charge is 0.334 e. The van der Waals surface area contributed by atoms with Crippen LogP contribution in [-0.4, -0.2) is 58.0 Å². The number of amides is 4. The highest BCUT2D eigenvalue weighted by Gasteiger charge is 2.44. The maximum Gasteiger partial charge on any atom is 0.334 e. The van der Waals surface area contributed by atoms with Crippen molar-refractivity contribution in [2.24, 2.45) is 0 Å². The van der Waals surface area contributed by atoms with Crippen molar-refractivity contribution in [3.05, 3.63) is 228 Å². The molecule has 1 unspecified atom stereocenters. The molecule has 13 rings (SSSR count). The molecule has 0 saturated carbocycles. The van der Waals surface area contributed by atoms with Gasteiger partial charge in [-0.15, -0.1) is 0 Å². The van der Waals surface area contributed by atoms with Crippen LogP contribution in [0.4, 0.5) is 0 Å². The summed E-state index contributed by atoms with van der Waals surface area (Å²) in [4.78, 5) is 92.3. The number of imide groups is 2. The van der Waals surface area contributed by atoms with Gasteiger partial charge in [0.1, 0.15) is 70.1 Å². The number of carbonyl (C=O) groups is 6. The van der Waals surface area contributed by atoms with Crippen LogP contribution in [0.15, 0.2) is 194 Å². The molecule has 14 nitrogen and oxygen atoms in total. The monoisotopic (exact) mass is 1150 g/mol. The van der Waals surface area contributed by atoms with Crippen molar-refractivity contribution in [1.82, 2.24) is 9.80 Å². The molecular formula is C73H56N2O12. The lowest BCUT2D eigenvalue weighted by molar-refractivity contribution is -0.138. The van der Waals surface area contributed by atoms with E-state index in [9.17, 15) is 9.59 Å². The summed E-state index contributed by atoms with van der Waals surface area (Å²) in [5.74, 6) is -2.75. The highest BCUT2D eigenvalue weighted by atomic mass is 16.5. The summed E-state index contributed by atoms with van der Waals surface area (Å²) < 4.78 is 39.6. The van der Waals surface area contributed by atoms with Gasteiger partial charge in [-0.05, 0) is 126 Å². The van der Waals surface area contributed by atoms with E-state index >= 15 is 19.2 Å². The fourth-order valence-corrected chi connectivity index (χ4v) is 11.5. The highest BCUT2D eigenvalue weighted by Crippen LogP contribution is 2.58. The van der Waals surface area contributed by atoms with Crippen LogP contribution in [0, 0.1) is 0 Å². The third-order valence-electron chi connectivity index (χ3n) is 15.8. The van der Waals surface area contributed by atoms with E-state index in [0.717, 1.165) is 20.9 Å². The number of esters is 2. The standard InChI is InChI=1S/C73H56N2O12/c1-41(71(81)87-49-34-30-43(31-35-49)73(5,6)7)75-69(79)52-38-56(84-46-24-16-10-17-25-46)63-61-54(82-44-20-12-8-13-21-44)36-50-59-51(68(78)74(67(50)77)40-58(76)86-48-32-28-42(29-33-48)72(2,3)4)37-55(83-45-22-14-9-15-23-45)62(65(59)61)64-57(85-47-26-18-11-19-27-47)39-53(70(75)80)60(52)66(63)64/h8-39,41H,40H2,1-7H3. The number of hydrogen-bond donors (Lipinski definition) is 0. The van der Waals surface area contributed by atoms with Gasteiger partial charge in [0, 0.05) is 43.1 Å². The number of carbonyl (C=O) groups excluding carboxylic acids is 6. The Hall–Kier alpha value is -10.9.